The topological polar surface area (TPSA) is 91.8 Å². The van der Waals surface area contributed by atoms with E-state index in [9.17, 15) is 33.2 Å². The molecule has 1 aromatic heterocycles. The molecule has 1 unspecified atom stereocenters. The zero-order valence-electron chi connectivity index (χ0n) is 20.0. The minimum Gasteiger partial charge on any atom is -0.375 e. The van der Waals surface area contributed by atoms with Gasteiger partial charge >= 0.3 is 6.18 Å². The number of alkyl halides is 3. The molecule has 11 heteroatoms. The molecule has 37 heavy (non-hydrogen) atoms. The number of piperazine rings is 1. The van der Waals surface area contributed by atoms with Gasteiger partial charge in [-0.3, -0.25) is 19.8 Å². The Bertz CT molecular complexity index is 1310. The summed E-state index contributed by atoms with van der Waals surface area (Å²) in [6.07, 6.45) is -2.04. The summed E-state index contributed by atoms with van der Waals surface area (Å²) in [7, 11) is 0. The van der Waals surface area contributed by atoms with Gasteiger partial charge in [0, 0.05) is 74.5 Å². The summed E-state index contributed by atoms with van der Waals surface area (Å²) in [6, 6.07) is 12.7. The molecular formula is C26H27F3N4O4. The molecule has 196 valence electrons. The van der Waals surface area contributed by atoms with Crippen LogP contribution in [-0.4, -0.2) is 69.2 Å². The summed E-state index contributed by atoms with van der Waals surface area (Å²) >= 11 is 0. The van der Waals surface area contributed by atoms with Crippen LogP contribution in [0.4, 0.5) is 18.9 Å². The molecule has 0 bridgehead atoms. The molecule has 1 N–H and O–H groups in total. The molecule has 3 aromatic rings. The van der Waals surface area contributed by atoms with Gasteiger partial charge in [-0.15, -0.1) is 0 Å². The van der Waals surface area contributed by atoms with Crippen molar-refractivity contribution in [3.8, 4) is 0 Å². The molecule has 2 fully saturated rings. The molecule has 0 radical (unpaired) electrons. The van der Waals surface area contributed by atoms with Crippen molar-refractivity contribution in [2.45, 2.75) is 31.2 Å². The monoisotopic (exact) mass is 516 g/mol. The highest BCUT2D eigenvalue weighted by Crippen LogP contribution is 2.44. The molecule has 1 atom stereocenters. The van der Waals surface area contributed by atoms with Gasteiger partial charge in [0.15, 0.2) is 0 Å². The number of rotatable bonds is 7. The summed E-state index contributed by atoms with van der Waals surface area (Å²) in [6.45, 7) is 0.518. The number of halogens is 3. The zero-order chi connectivity index (χ0) is 26.4. The van der Waals surface area contributed by atoms with Gasteiger partial charge in [-0.2, -0.15) is 13.2 Å². The molecule has 1 aliphatic carbocycles. The minimum absolute atomic E-state index is 0.0402. The number of nitro benzene ring substituents is 1. The van der Waals surface area contributed by atoms with Gasteiger partial charge < -0.3 is 14.6 Å². The predicted molar refractivity (Wildman–Crippen MR) is 130 cm³/mol. The minimum atomic E-state index is -5.01. The maximum Gasteiger partial charge on any atom is 0.422 e. The Morgan fingerprint density at radius 1 is 1.05 bits per heavy atom. The number of aromatic nitrogens is 1. The number of nitrogens with zero attached hydrogens (tertiary/aromatic N) is 4. The Kier molecular flexibility index (Phi) is 6.45. The van der Waals surface area contributed by atoms with Crippen molar-refractivity contribution in [1.29, 1.82) is 0 Å². The van der Waals surface area contributed by atoms with Gasteiger partial charge in [-0.25, -0.2) is 0 Å². The van der Waals surface area contributed by atoms with E-state index in [2.05, 4.69) is 0 Å². The SMILES string of the molecule is O=C(C1CC1)N1CCN(CC(O)(c2cn(Cc3ccccc3)c3cc([N+](=O)[O-])ccc23)C(F)(F)F)CC1. The van der Waals surface area contributed by atoms with E-state index in [1.165, 1.54) is 27.8 Å². The van der Waals surface area contributed by atoms with Crippen LogP contribution < -0.4 is 0 Å². The number of β-amino-alcohol motifs (C(OH)–C–C–N with tert-alkyl or cyclic N) is 1. The van der Waals surface area contributed by atoms with Crippen molar-refractivity contribution in [3.05, 3.63) is 76.0 Å². The van der Waals surface area contributed by atoms with E-state index in [1.54, 1.807) is 29.2 Å². The number of amides is 1. The fourth-order valence-corrected chi connectivity index (χ4v) is 5.00. The lowest BCUT2D eigenvalue weighted by Crippen LogP contribution is -2.56. The van der Waals surface area contributed by atoms with Crippen LogP contribution in [0.15, 0.2) is 54.7 Å². The van der Waals surface area contributed by atoms with Gasteiger partial charge in [0.05, 0.1) is 10.4 Å². The number of nitro groups is 1. The maximum absolute atomic E-state index is 14.6. The third kappa shape index (κ3) is 4.93. The number of benzene rings is 2. The highest BCUT2D eigenvalue weighted by molar-refractivity contribution is 5.87. The Morgan fingerprint density at radius 3 is 2.32 bits per heavy atom. The Labute approximate surface area is 211 Å². The molecule has 0 spiro atoms. The number of aliphatic hydroxyl groups is 1. The lowest BCUT2D eigenvalue weighted by molar-refractivity contribution is -0.384. The van der Waals surface area contributed by atoms with Gasteiger partial charge in [0.25, 0.3) is 5.69 Å². The van der Waals surface area contributed by atoms with Crippen molar-refractivity contribution in [2.24, 2.45) is 5.92 Å². The maximum atomic E-state index is 14.6. The summed E-state index contributed by atoms with van der Waals surface area (Å²) < 4.78 is 45.2. The third-order valence-corrected chi connectivity index (χ3v) is 7.25. The molecule has 1 saturated heterocycles. The van der Waals surface area contributed by atoms with Crippen LogP contribution in [0.1, 0.15) is 24.0 Å². The second-order valence-corrected chi connectivity index (χ2v) is 9.85. The first-order chi connectivity index (χ1) is 17.6. The first-order valence-electron chi connectivity index (χ1n) is 12.2. The van der Waals surface area contributed by atoms with Crippen molar-refractivity contribution in [1.82, 2.24) is 14.4 Å². The molecule has 2 aromatic carbocycles. The van der Waals surface area contributed by atoms with Crippen molar-refractivity contribution in [3.63, 3.8) is 0 Å². The van der Waals surface area contributed by atoms with Crippen molar-refractivity contribution in [2.75, 3.05) is 32.7 Å². The first kappa shape index (κ1) is 25.2. The summed E-state index contributed by atoms with van der Waals surface area (Å²) in [5.41, 5.74) is -2.79. The Morgan fingerprint density at radius 2 is 1.73 bits per heavy atom. The standard InChI is InChI=1S/C26H27F3N4O4/c27-26(28,29)25(35,17-30-10-12-31(13-11-30)24(34)19-6-7-19)22-16-32(15-18-4-2-1-3-5-18)23-14-20(33(36)37)8-9-21(22)23/h1-5,8-9,14,16,19,35H,6-7,10-13,15,17H2. The average Bonchev–Trinajstić information content (AvgIpc) is 3.66. The quantitative estimate of drug-likeness (QED) is 0.380. The fourth-order valence-electron chi connectivity index (χ4n) is 5.00. The van der Waals surface area contributed by atoms with Crippen molar-refractivity contribution < 1.29 is 28.0 Å². The highest BCUT2D eigenvalue weighted by atomic mass is 19.4. The largest absolute Gasteiger partial charge is 0.422 e. The highest BCUT2D eigenvalue weighted by Gasteiger charge is 2.57. The zero-order valence-corrected chi connectivity index (χ0v) is 20.0. The number of hydrogen-bond donors (Lipinski definition) is 1. The normalized spacial score (nSPS) is 18.6. The lowest BCUT2D eigenvalue weighted by atomic mass is 9.91. The second kappa shape index (κ2) is 9.46. The second-order valence-electron chi connectivity index (χ2n) is 9.85. The van der Waals surface area contributed by atoms with Crippen molar-refractivity contribution >= 4 is 22.5 Å². The van der Waals surface area contributed by atoms with Gasteiger partial charge in [-0.1, -0.05) is 30.3 Å². The van der Waals surface area contributed by atoms with Crippen LogP contribution in [0.3, 0.4) is 0 Å². The van der Waals surface area contributed by atoms with Crippen LogP contribution in [0.2, 0.25) is 0 Å². The molecule has 1 aliphatic heterocycles. The van der Waals surface area contributed by atoms with E-state index in [1.807, 2.05) is 6.07 Å². The number of fused-ring (bicyclic) bond motifs is 1. The van der Waals surface area contributed by atoms with Gasteiger partial charge in [0.1, 0.15) is 0 Å². The summed E-state index contributed by atoms with van der Waals surface area (Å²) in [4.78, 5) is 26.3. The average molecular weight is 517 g/mol. The number of non-ortho nitro benzene ring substituents is 1. The van der Waals surface area contributed by atoms with Gasteiger partial charge in [0.2, 0.25) is 11.5 Å². The van der Waals surface area contributed by atoms with Crippen LogP contribution in [0, 0.1) is 16.0 Å². The van der Waals surface area contributed by atoms with Crippen LogP contribution in [-0.2, 0) is 16.9 Å². The van der Waals surface area contributed by atoms with E-state index >= 15 is 0 Å². The summed E-state index contributed by atoms with van der Waals surface area (Å²) in [5, 5.41) is 22.8. The van der Waals surface area contributed by atoms with E-state index in [0.29, 0.717) is 13.1 Å². The lowest BCUT2D eigenvalue weighted by Gasteiger charge is -2.40. The number of hydrogen-bond acceptors (Lipinski definition) is 5. The molecule has 1 saturated carbocycles. The van der Waals surface area contributed by atoms with E-state index < -0.39 is 23.2 Å². The molecule has 5 rings (SSSR count). The smallest absolute Gasteiger partial charge is 0.375 e. The Hall–Kier alpha value is -3.44. The summed E-state index contributed by atoms with van der Waals surface area (Å²) in [5.74, 6) is 0.0924. The number of carbonyl (C=O) groups excluding carboxylic acids is 1. The molecule has 2 aliphatic rings. The van der Waals surface area contributed by atoms with E-state index in [-0.39, 0.29) is 53.6 Å². The van der Waals surface area contributed by atoms with Gasteiger partial charge in [-0.05, 0) is 24.5 Å². The molecule has 1 amide bonds. The third-order valence-electron chi connectivity index (χ3n) is 7.25. The first-order valence-corrected chi connectivity index (χ1v) is 12.2. The number of carbonyl (C=O) groups is 1. The molecule has 8 nitrogen and oxygen atoms in total. The molecular weight excluding hydrogens is 489 g/mol. The van der Waals surface area contributed by atoms with E-state index in [4.69, 9.17) is 0 Å². The van der Waals surface area contributed by atoms with Crippen LogP contribution in [0.25, 0.3) is 10.9 Å². The molecule has 2 heterocycles. The van der Waals surface area contributed by atoms with Crippen LogP contribution >= 0.6 is 0 Å². The fraction of sp³-hybridized carbons (Fsp3) is 0.423. The predicted octanol–water partition coefficient (Wildman–Crippen LogP) is 3.90. The van der Waals surface area contributed by atoms with Crippen LogP contribution in [0.5, 0.6) is 0 Å². The van der Waals surface area contributed by atoms with E-state index in [0.717, 1.165) is 24.5 Å². The Balaban J connectivity index is 1.50.